The second-order valence-corrected chi connectivity index (χ2v) is 11.8. The molecule has 1 aliphatic rings. The lowest BCUT2D eigenvalue weighted by Crippen LogP contribution is -2.44. The van der Waals surface area contributed by atoms with E-state index in [-0.39, 0.29) is 42.2 Å². The minimum Gasteiger partial charge on any atom is -0.444 e. The van der Waals surface area contributed by atoms with Gasteiger partial charge in [-0.2, -0.15) is 0 Å². The van der Waals surface area contributed by atoms with Gasteiger partial charge in [-0.15, -0.1) is 0 Å². The molecular weight excluding hydrogens is 504 g/mol. The van der Waals surface area contributed by atoms with Crippen molar-refractivity contribution in [2.24, 2.45) is 0 Å². The molecule has 1 aromatic heterocycles. The molecule has 1 fully saturated rings. The number of aromatic amines is 1. The van der Waals surface area contributed by atoms with Crippen LogP contribution in [0.5, 0.6) is 0 Å². The molecule has 0 radical (unpaired) electrons. The zero-order valence-corrected chi connectivity index (χ0v) is 24.3. The van der Waals surface area contributed by atoms with E-state index in [0.717, 1.165) is 48.1 Å². The quantitative estimate of drug-likeness (QED) is 0.374. The van der Waals surface area contributed by atoms with E-state index in [2.05, 4.69) is 27.9 Å². The summed E-state index contributed by atoms with van der Waals surface area (Å²) in [5.41, 5.74) is 3.75. The van der Waals surface area contributed by atoms with E-state index >= 15 is 0 Å². The molecule has 3 rings (SSSR count). The Morgan fingerprint density at radius 3 is 2.32 bits per heavy atom. The van der Waals surface area contributed by atoms with Gasteiger partial charge in [-0.05, 0) is 109 Å². The van der Waals surface area contributed by atoms with E-state index in [1.54, 1.807) is 6.07 Å². The van der Waals surface area contributed by atoms with Gasteiger partial charge in [-0.3, -0.25) is 9.59 Å². The topological polar surface area (TPSA) is 112 Å². The molecular formula is C29H41ClN4O4. The van der Waals surface area contributed by atoms with Crippen LogP contribution >= 0.6 is 11.6 Å². The van der Waals surface area contributed by atoms with Crippen molar-refractivity contribution in [2.75, 3.05) is 0 Å². The lowest BCUT2D eigenvalue weighted by Gasteiger charge is -2.32. The Labute approximate surface area is 230 Å². The number of aryl methyl sites for hydroxylation is 2. The smallest absolute Gasteiger partial charge is 0.407 e. The summed E-state index contributed by atoms with van der Waals surface area (Å²) in [6.07, 6.45) is 3.20. The van der Waals surface area contributed by atoms with Gasteiger partial charge in [0, 0.05) is 46.5 Å². The Morgan fingerprint density at radius 1 is 1.08 bits per heavy atom. The maximum absolute atomic E-state index is 13.1. The summed E-state index contributed by atoms with van der Waals surface area (Å²) in [5.74, 6) is -0.272. The van der Waals surface area contributed by atoms with E-state index in [4.69, 9.17) is 16.3 Å². The van der Waals surface area contributed by atoms with Crippen LogP contribution in [0.1, 0.15) is 97.7 Å². The number of halogens is 1. The van der Waals surface area contributed by atoms with E-state index < -0.39 is 5.60 Å². The first-order chi connectivity index (χ1) is 17.7. The fourth-order valence-electron chi connectivity index (χ4n) is 5.07. The number of H-pyrrole nitrogens is 1. The maximum atomic E-state index is 13.1. The number of alkyl carbamates (subject to hydrolysis) is 1. The second kappa shape index (κ2) is 12.3. The van der Waals surface area contributed by atoms with Crippen LogP contribution in [0.4, 0.5) is 4.79 Å². The molecule has 0 aliphatic heterocycles. The number of ether oxygens (including phenoxy) is 1. The molecule has 1 atom stereocenters. The highest BCUT2D eigenvalue weighted by Gasteiger charge is 2.26. The third-order valence-electron chi connectivity index (χ3n) is 6.98. The molecule has 1 aromatic carbocycles. The van der Waals surface area contributed by atoms with Crippen LogP contribution in [0, 0.1) is 20.8 Å². The summed E-state index contributed by atoms with van der Waals surface area (Å²) < 4.78 is 5.38. The maximum Gasteiger partial charge on any atom is 0.407 e. The minimum atomic E-state index is -0.514. The number of hydrogen-bond acceptors (Lipinski definition) is 5. The zero-order valence-electron chi connectivity index (χ0n) is 23.5. The number of hydrogen-bond donors (Lipinski definition) is 4. The summed E-state index contributed by atoms with van der Waals surface area (Å²) in [6, 6.07) is 5.82. The molecule has 1 heterocycles. The van der Waals surface area contributed by atoms with Crippen molar-refractivity contribution in [1.82, 2.24) is 20.9 Å². The molecule has 1 saturated carbocycles. The average molecular weight is 545 g/mol. The molecule has 38 heavy (non-hydrogen) atoms. The zero-order chi connectivity index (χ0) is 28.2. The Balaban J connectivity index is 1.61. The van der Waals surface area contributed by atoms with Crippen molar-refractivity contribution >= 4 is 23.6 Å². The summed E-state index contributed by atoms with van der Waals surface area (Å²) in [4.78, 5) is 40.3. The van der Waals surface area contributed by atoms with Crippen LogP contribution in [0.3, 0.4) is 0 Å². The van der Waals surface area contributed by atoms with Gasteiger partial charge in [-0.1, -0.05) is 11.6 Å². The van der Waals surface area contributed by atoms with Gasteiger partial charge < -0.3 is 25.7 Å². The van der Waals surface area contributed by atoms with Crippen LogP contribution in [0.2, 0.25) is 5.02 Å². The molecule has 2 aromatic rings. The Morgan fingerprint density at radius 2 is 1.71 bits per heavy atom. The highest BCUT2D eigenvalue weighted by atomic mass is 35.5. The molecule has 1 aliphatic carbocycles. The number of benzene rings is 1. The van der Waals surface area contributed by atoms with E-state index in [0.29, 0.717) is 16.1 Å². The number of amides is 2. The van der Waals surface area contributed by atoms with Crippen LogP contribution < -0.4 is 21.5 Å². The predicted octanol–water partition coefficient (Wildman–Crippen LogP) is 5.37. The van der Waals surface area contributed by atoms with Gasteiger partial charge in [0.25, 0.3) is 11.5 Å². The average Bonchev–Trinajstić information content (AvgIpc) is 2.79. The molecule has 8 nitrogen and oxygen atoms in total. The lowest BCUT2D eigenvalue weighted by atomic mass is 9.89. The van der Waals surface area contributed by atoms with Crippen molar-refractivity contribution in [2.45, 2.75) is 104 Å². The molecule has 0 saturated heterocycles. The lowest BCUT2D eigenvalue weighted by molar-refractivity contribution is 0.0489. The van der Waals surface area contributed by atoms with Crippen LogP contribution in [0.25, 0.3) is 0 Å². The second-order valence-electron chi connectivity index (χ2n) is 11.4. The Hall–Kier alpha value is -2.84. The Kier molecular flexibility index (Phi) is 9.65. The van der Waals surface area contributed by atoms with Crippen molar-refractivity contribution in [1.29, 1.82) is 0 Å². The standard InChI is InChI=1S/C29H41ClN4O4/c1-16-12-17(2)32-27(36)25(16)15-31-26(35)24-14-20(30)13-23(18(24)3)19(4)33-21-8-10-22(11-9-21)34-28(37)38-29(5,6)7/h12-14,19,21-22,33H,8-11,15H2,1-7H3,(H,31,35)(H,32,36)(H,34,37). The number of aromatic nitrogens is 1. The van der Waals surface area contributed by atoms with Gasteiger partial charge in [0.2, 0.25) is 0 Å². The molecule has 4 N–H and O–H groups in total. The summed E-state index contributed by atoms with van der Waals surface area (Å²) in [5, 5.41) is 10.0. The largest absolute Gasteiger partial charge is 0.444 e. The van der Waals surface area contributed by atoms with Gasteiger partial charge >= 0.3 is 6.09 Å². The first kappa shape index (κ1) is 29.7. The van der Waals surface area contributed by atoms with Crippen molar-refractivity contribution < 1.29 is 14.3 Å². The van der Waals surface area contributed by atoms with Gasteiger partial charge in [0.1, 0.15) is 5.60 Å². The summed E-state index contributed by atoms with van der Waals surface area (Å²) >= 11 is 6.44. The number of carbonyl (C=O) groups is 2. The van der Waals surface area contributed by atoms with E-state index in [1.165, 1.54) is 0 Å². The molecule has 0 bridgehead atoms. The number of nitrogens with one attached hydrogen (secondary N) is 4. The van der Waals surface area contributed by atoms with Crippen LogP contribution in [0.15, 0.2) is 23.0 Å². The third kappa shape index (κ3) is 8.08. The predicted molar refractivity (Wildman–Crippen MR) is 151 cm³/mol. The number of carbonyl (C=O) groups excluding carboxylic acids is 2. The molecule has 1 unspecified atom stereocenters. The normalized spacial score (nSPS) is 18.5. The number of rotatable bonds is 7. The first-order valence-electron chi connectivity index (χ1n) is 13.3. The van der Waals surface area contributed by atoms with Crippen molar-refractivity contribution in [3.05, 3.63) is 67.1 Å². The molecule has 0 spiro atoms. The summed E-state index contributed by atoms with van der Waals surface area (Å²) in [7, 11) is 0. The molecule has 208 valence electrons. The Bertz CT molecular complexity index is 1230. The number of pyridine rings is 1. The highest BCUT2D eigenvalue weighted by molar-refractivity contribution is 6.31. The van der Waals surface area contributed by atoms with Crippen molar-refractivity contribution in [3.63, 3.8) is 0 Å². The fraction of sp³-hybridized carbons (Fsp3) is 0.552. The van der Waals surface area contributed by atoms with Crippen LogP contribution in [-0.4, -0.2) is 34.7 Å². The van der Waals surface area contributed by atoms with Gasteiger partial charge in [0.15, 0.2) is 0 Å². The fourth-order valence-corrected chi connectivity index (χ4v) is 5.30. The van der Waals surface area contributed by atoms with E-state index in [1.807, 2.05) is 53.7 Å². The first-order valence-corrected chi connectivity index (χ1v) is 13.6. The monoisotopic (exact) mass is 544 g/mol. The third-order valence-corrected chi connectivity index (χ3v) is 7.20. The van der Waals surface area contributed by atoms with Crippen LogP contribution in [-0.2, 0) is 11.3 Å². The SMILES string of the molecule is Cc1cc(C)c(CNC(=O)c2cc(Cl)cc(C(C)NC3CCC(NC(=O)OC(C)(C)C)CC3)c2C)c(=O)[nH]1. The van der Waals surface area contributed by atoms with Gasteiger partial charge in [0.05, 0.1) is 0 Å². The molecule has 9 heteroatoms. The highest BCUT2D eigenvalue weighted by Crippen LogP contribution is 2.28. The minimum absolute atomic E-state index is 0.0252. The summed E-state index contributed by atoms with van der Waals surface area (Å²) in [6.45, 7) is 13.4. The van der Waals surface area contributed by atoms with Gasteiger partial charge in [-0.25, -0.2) is 4.79 Å². The van der Waals surface area contributed by atoms with E-state index in [9.17, 15) is 14.4 Å². The molecule has 2 amide bonds. The van der Waals surface area contributed by atoms with Crippen molar-refractivity contribution in [3.8, 4) is 0 Å².